The molecule has 2 saturated heterocycles. The Hall–Kier alpha value is -1.88. The molecular formula is C20H27NO4. The maximum atomic E-state index is 12.8. The number of hydrogen-bond acceptors (Lipinski definition) is 5. The van der Waals surface area contributed by atoms with E-state index in [-0.39, 0.29) is 12.2 Å². The molecule has 25 heavy (non-hydrogen) atoms. The number of nitrogens with zero attached hydrogens (tertiary/aromatic N) is 1. The van der Waals surface area contributed by atoms with Crippen molar-refractivity contribution >= 4 is 11.9 Å². The van der Waals surface area contributed by atoms with Gasteiger partial charge in [-0.05, 0) is 52.1 Å². The summed E-state index contributed by atoms with van der Waals surface area (Å²) in [4.78, 5) is 27.7. The Balaban J connectivity index is 1.72. The zero-order valence-electron chi connectivity index (χ0n) is 15.2. The van der Waals surface area contributed by atoms with Gasteiger partial charge >= 0.3 is 11.9 Å². The van der Waals surface area contributed by atoms with Gasteiger partial charge in [0.15, 0.2) is 5.92 Å². The third kappa shape index (κ3) is 4.03. The molecule has 5 heteroatoms. The first-order chi connectivity index (χ1) is 12.0. The lowest BCUT2D eigenvalue weighted by Gasteiger charge is -2.36. The molecule has 5 nitrogen and oxygen atoms in total. The fourth-order valence-electron chi connectivity index (χ4n) is 4.00. The Morgan fingerprint density at radius 2 is 1.64 bits per heavy atom. The summed E-state index contributed by atoms with van der Waals surface area (Å²) in [5.41, 5.74) is 0.619. The van der Waals surface area contributed by atoms with Crippen LogP contribution in [0.1, 0.15) is 51.0 Å². The molecule has 0 radical (unpaired) electrons. The predicted molar refractivity (Wildman–Crippen MR) is 94.1 cm³/mol. The van der Waals surface area contributed by atoms with Crippen LogP contribution in [0.4, 0.5) is 0 Å². The minimum absolute atomic E-state index is 0.112. The Labute approximate surface area is 149 Å². The number of carbonyl (C=O) groups is 2. The number of fused-ring (bicyclic) bond motifs is 2. The number of esters is 2. The van der Waals surface area contributed by atoms with Gasteiger partial charge in [0.25, 0.3) is 0 Å². The highest BCUT2D eigenvalue weighted by molar-refractivity contribution is 6.00. The topological polar surface area (TPSA) is 55.8 Å². The molecule has 0 saturated carbocycles. The third-order valence-electron chi connectivity index (χ3n) is 5.29. The fraction of sp³-hybridized carbons (Fsp3) is 0.600. The van der Waals surface area contributed by atoms with E-state index in [0.29, 0.717) is 17.6 Å². The highest BCUT2D eigenvalue weighted by Crippen LogP contribution is 2.36. The molecule has 0 spiro atoms. The van der Waals surface area contributed by atoms with Crippen LogP contribution in [0.5, 0.6) is 0 Å². The number of ether oxygens (including phenoxy) is 2. The van der Waals surface area contributed by atoms with E-state index in [1.807, 2.05) is 18.2 Å². The van der Waals surface area contributed by atoms with Crippen LogP contribution < -0.4 is 0 Å². The molecule has 0 N–H and O–H groups in total. The van der Waals surface area contributed by atoms with Crippen molar-refractivity contribution < 1.29 is 19.1 Å². The molecule has 2 aliphatic rings. The van der Waals surface area contributed by atoms with E-state index < -0.39 is 17.9 Å². The first-order valence-corrected chi connectivity index (χ1v) is 9.13. The maximum Gasteiger partial charge on any atom is 0.325 e. The van der Waals surface area contributed by atoms with Crippen LogP contribution in [0.25, 0.3) is 0 Å². The third-order valence-corrected chi connectivity index (χ3v) is 5.29. The number of benzene rings is 1. The van der Waals surface area contributed by atoms with Crippen molar-refractivity contribution in [3.05, 3.63) is 35.9 Å². The second-order valence-corrected chi connectivity index (χ2v) is 7.41. The Bertz CT molecular complexity index is 601. The molecule has 136 valence electrons. The van der Waals surface area contributed by atoms with E-state index in [1.165, 1.54) is 0 Å². The lowest BCUT2D eigenvalue weighted by atomic mass is 9.97. The van der Waals surface area contributed by atoms with Gasteiger partial charge in [-0.15, -0.1) is 0 Å². The Kier molecular flexibility index (Phi) is 5.42. The van der Waals surface area contributed by atoms with Crippen molar-refractivity contribution in [1.82, 2.24) is 4.90 Å². The summed E-state index contributed by atoms with van der Waals surface area (Å²) in [5.74, 6) is -2.05. The summed E-state index contributed by atoms with van der Waals surface area (Å²) in [6, 6.07) is 9.98. The molecule has 2 aliphatic heterocycles. The fourth-order valence-corrected chi connectivity index (χ4v) is 4.00. The Morgan fingerprint density at radius 3 is 2.20 bits per heavy atom. The molecule has 0 amide bonds. The number of piperidine rings is 1. The van der Waals surface area contributed by atoms with Crippen LogP contribution in [0, 0.1) is 0 Å². The van der Waals surface area contributed by atoms with Gasteiger partial charge in [0.05, 0.1) is 6.10 Å². The first kappa shape index (κ1) is 17.9. The monoisotopic (exact) mass is 345 g/mol. The SMILES string of the molecule is CC(C)OC(=O)C(C(=O)OC1CC2CCC(C1)N2C)c1ccccc1. The molecule has 0 aliphatic carbocycles. The normalized spacial score (nSPS) is 27.1. The summed E-state index contributed by atoms with van der Waals surface area (Å²) in [6.07, 6.45) is 3.63. The second kappa shape index (κ2) is 7.56. The molecule has 0 aromatic heterocycles. The van der Waals surface area contributed by atoms with Gasteiger partial charge < -0.3 is 14.4 Å². The Morgan fingerprint density at radius 1 is 1.04 bits per heavy atom. The largest absolute Gasteiger partial charge is 0.462 e. The van der Waals surface area contributed by atoms with Crippen molar-refractivity contribution in [2.45, 2.75) is 69.7 Å². The van der Waals surface area contributed by atoms with Gasteiger partial charge in [-0.3, -0.25) is 9.59 Å². The highest BCUT2D eigenvalue weighted by Gasteiger charge is 2.41. The van der Waals surface area contributed by atoms with Crippen LogP contribution in [0.2, 0.25) is 0 Å². The molecule has 3 rings (SSSR count). The molecule has 1 aromatic rings. The molecule has 1 aromatic carbocycles. The molecule has 2 fully saturated rings. The number of carbonyl (C=O) groups excluding carboxylic acids is 2. The van der Waals surface area contributed by atoms with Gasteiger partial charge in [0, 0.05) is 12.1 Å². The molecule has 2 bridgehead atoms. The van der Waals surface area contributed by atoms with Crippen molar-refractivity contribution in [1.29, 1.82) is 0 Å². The zero-order valence-corrected chi connectivity index (χ0v) is 15.2. The van der Waals surface area contributed by atoms with Gasteiger partial charge in [0.1, 0.15) is 6.10 Å². The van der Waals surface area contributed by atoms with Crippen LogP contribution in [0.3, 0.4) is 0 Å². The molecule has 2 heterocycles. The lowest BCUT2D eigenvalue weighted by molar-refractivity contribution is -0.164. The van der Waals surface area contributed by atoms with Gasteiger partial charge in [-0.25, -0.2) is 0 Å². The minimum atomic E-state index is -1.01. The van der Waals surface area contributed by atoms with E-state index in [0.717, 1.165) is 25.7 Å². The molecular weight excluding hydrogens is 318 g/mol. The van der Waals surface area contributed by atoms with Crippen LogP contribution in [0.15, 0.2) is 30.3 Å². The maximum absolute atomic E-state index is 12.8. The van der Waals surface area contributed by atoms with Crippen molar-refractivity contribution in [3.63, 3.8) is 0 Å². The summed E-state index contributed by atoms with van der Waals surface area (Å²) in [5, 5.41) is 0. The summed E-state index contributed by atoms with van der Waals surface area (Å²) < 4.78 is 11.1. The first-order valence-electron chi connectivity index (χ1n) is 9.13. The van der Waals surface area contributed by atoms with E-state index in [9.17, 15) is 9.59 Å². The predicted octanol–water partition coefficient (Wildman–Crippen LogP) is 2.89. The summed E-state index contributed by atoms with van der Waals surface area (Å²) in [6.45, 7) is 3.56. The highest BCUT2D eigenvalue weighted by atomic mass is 16.6. The lowest BCUT2D eigenvalue weighted by Crippen LogP contribution is -2.44. The van der Waals surface area contributed by atoms with Crippen LogP contribution in [-0.4, -0.2) is 48.2 Å². The van der Waals surface area contributed by atoms with Crippen molar-refractivity contribution in [2.24, 2.45) is 0 Å². The van der Waals surface area contributed by atoms with E-state index in [2.05, 4.69) is 11.9 Å². The number of rotatable bonds is 5. The summed E-state index contributed by atoms with van der Waals surface area (Å²) >= 11 is 0. The van der Waals surface area contributed by atoms with Crippen LogP contribution >= 0.6 is 0 Å². The van der Waals surface area contributed by atoms with E-state index in [4.69, 9.17) is 9.47 Å². The van der Waals surface area contributed by atoms with Gasteiger partial charge in [0.2, 0.25) is 0 Å². The van der Waals surface area contributed by atoms with Gasteiger partial charge in [-0.1, -0.05) is 30.3 Å². The number of hydrogen-bond donors (Lipinski definition) is 0. The zero-order chi connectivity index (χ0) is 18.0. The van der Waals surface area contributed by atoms with E-state index >= 15 is 0 Å². The average molecular weight is 345 g/mol. The summed E-state index contributed by atoms with van der Waals surface area (Å²) in [7, 11) is 2.15. The van der Waals surface area contributed by atoms with E-state index in [1.54, 1.807) is 26.0 Å². The molecule has 3 unspecified atom stereocenters. The second-order valence-electron chi connectivity index (χ2n) is 7.41. The quantitative estimate of drug-likeness (QED) is 0.607. The average Bonchev–Trinajstić information content (AvgIpc) is 2.77. The smallest absolute Gasteiger partial charge is 0.325 e. The van der Waals surface area contributed by atoms with Crippen LogP contribution in [-0.2, 0) is 19.1 Å². The van der Waals surface area contributed by atoms with Crippen molar-refractivity contribution in [2.75, 3.05) is 7.05 Å². The van der Waals surface area contributed by atoms with Gasteiger partial charge in [-0.2, -0.15) is 0 Å². The van der Waals surface area contributed by atoms with Crippen molar-refractivity contribution in [3.8, 4) is 0 Å². The molecule has 3 atom stereocenters. The standard InChI is InChI=1S/C20H27NO4/c1-13(2)24-19(22)18(14-7-5-4-6-8-14)20(23)25-17-11-15-9-10-16(12-17)21(15)3/h4-8,13,15-18H,9-12H2,1-3H3. The minimum Gasteiger partial charge on any atom is -0.462 e.